The molecule has 2 atom stereocenters. The van der Waals surface area contributed by atoms with Gasteiger partial charge in [-0.05, 0) is 37.9 Å². The second-order valence-electron chi connectivity index (χ2n) is 6.05. The molecule has 2 saturated heterocycles. The van der Waals surface area contributed by atoms with Crippen LogP contribution in [0.15, 0.2) is 29.2 Å². The van der Waals surface area contributed by atoms with Gasteiger partial charge in [0.25, 0.3) is 0 Å². The Balaban J connectivity index is 0.00000156. The first-order valence-corrected chi connectivity index (χ1v) is 7.80. The van der Waals surface area contributed by atoms with Crippen molar-refractivity contribution in [3.63, 3.8) is 0 Å². The number of amides is 1. The van der Waals surface area contributed by atoms with Crippen molar-refractivity contribution in [1.82, 2.24) is 24.4 Å². The standard InChI is InChI=1S/C15H19N5O2.ClH/c21-14(20-11-4-5-12(20)9-16-7-6-11)10-19-15(22)18-8-2-1-3-13(18)17-19;/h1-3,8,11-12,16H,4-7,9-10H2;1H. The number of aromatic nitrogens is 3. The zero-order valence-electron chi connectivity index (χ0n) is 12.7. The van der Waals surface area contributed by atoms with Crippen LogP contribution in [0.3, 0.4) is 0 Å². The summed E-state index contributed by atoms with van der Waals surface area (Å²) >= 11 is 0. The minimum atomic E-state index is -0.260. The molecule has 2 fully saturated rings. The van der Waals surface area contributed by atoms with Crippen LogP contribution in [-0.2, 0) is 11.3 Å². The summed E-state index contributed by atoms with van der Waals surface area (Å²) in [4.78, 5) is 27.0. The van der Waals surface area contributed by atoms with Gasteiger partial charge in [0.2, 0.25) is 5.91 Å². The maximum absolute atomic E-state index is 12.7. The molecule has 4 rings (SSSR count). The van der Waals surface area contributed by atoms with E-state index in [-0.39, 0.29) is 36.6 Å². The maximum atomic E-state index is 12.7. The minimum Gasteiger partial charge on any atom is -0.334 e. The highest BCUT2D eigenvalue weighted by Gasteiger charge is 2.38. The van der Waals surface area contributed by atoms with Gasteiger partial charge in [-0.15, -0.1) is 17.5 Å². The lowest BCUT2D eigenvalue weighted by atomic mass is 10.1. The lowest BCUT2D eigenvalue weighted by Gasteiger charge is -2.27. The Morgan fingerprint density at radius 3 is 2.91 bits per heavy atom. The number of hydrogen-bond donors (Lipinski definition) is 1. The van der Waals surface area contributed by atoms with E-state index in [1.807, 2.05) is 11.0 Å². The number of hydrogen-bond acceptors (Lipinski definition) is 4. The number of nitrogens with zero attached hydrogens (tertiary/aromatic N) is 4. The fraction of sp³-hybridized carbons (Fsp3) is 0.533. The number of nitrogens with one attached hydrogen (secondary N) is 1. The smallest absolute Gasteiger partial charge is 0.334 e. The molecule has 2 aliphatic heterocycles. The molecule has 0 spiro atoms. The second-order valence-corrected chi connectivity index (χ2v) is 6.05. The molecule has 8 heteroatoms. The van der Waals surface area contributed by atoms with Crippen LogP contribution in [0.25, 0.3) is 5.65 Å². The van der Waals surface area contributed by atoms with Crippen molar-refractivity contribution in [2.75, 3.05) is 13.1 Å². The normalized spacial score (nSPS) is 23.6. The van der Waals surface area contributed by atoms with E-state index < -0.39 is 0 Å². The molecule has 2 aromatic rings. The van der Waals surface area contributed by atoms with Gasteiger partial charge in [0.15, 0.2) is 5.65 Å². The van der Waals surface area contributed by atoms with Gasteiger partial charge in [-0.3, -0.25) is 9.20 Å². The molecule has 23 heavy (non-hydrogen) atoms. The largest absolute Gasteiger partial charge is 0.350 e. The number of fused-ring (bicyclic) bond motifs is 3. The van der Waals surface area contributed by atoms with E-state index in [2.05, 4.69) is 10.4 Å². The van der Waals surface area contributed by atoms with Crippen molar-refractivity contribution in [3.05, 3.63) is 34.9 Å². The number of carbonyl (C=O) groups excluding carboxylic acids is 1. The van der Waals surface area contributed by atoms with Crippen LogP contribution >= 0.6 is 12.4 Å². The Kier molecular flexibility index (Phi) is 4.41. The summed E-state index contributed by atoms with van der Waals surface area (Å²) in [6, 6.07) is 5.94. The van der Waals surface area contributed by atoms with E-state index in [9.17, 15) is 9.59 Å². The van der Waals surface area contributed by atoms with Gasteiger partial charge in [-0.2, -0.15) is 0 Å². The Labute approximate surface area is 139 Å². The first-order chi connectivity index (χ1) is 10.7. The summed E-state index contributed by atoms with van der Waals surface area (Å²) in [6.45, 7) is 1.83. The molecule has 2 unspecified atom stereocenters. The molecule has 0 aromatic carbocycles. The Hall–Kier alpha value is -1.86. The third kappa shape index (κ3) is 2.74. The Morgan fingerprint density at radius 1 is 1.26 bits per heavy atom. The third-order valence-corrected chi connectivity index (χ3v) is 4.72. The van der Waals surface area contributed by atoms with Crippen molar-refractivity contribution >= 4 is 24.0 Å². The van der Waals surface area contributed by atoms with Crippen molar-refractivity contribution < 1.29 is 4.79 Å². The van der Waals surface area contributed by atoms with E-state index >= 15 is 0 Å². The maximum Gasteiger partial charge on any atom is 0.350 e. The molecule has 1 amide bonds. The molecule has 2 aliphatic rings. The van der Waals surface area contributed by atoms with Crippen LogP contribution in [0.2, 0.25) is 0 Å². The average molecular weight is 338 g/mol. The van der Waals surface area contributed by atoms with Gasteiger partial charge in [0.1, 0.15) is 6.54 Å². The summed E-state index contributed by atoms with van der Waals surface area (Å²) in [7, 11) is 0. The molecular formula is C15H20ClN5O2. The van der Waals surface area contributed by atoms with Crippen LogP contribution in [0.5, 0.6) is 0 Å². The molecule has 1 N–H and O–H groups in total. The molecule has 0 radical (unpaired) electrons. The number of carbonyl (C=O) groups is 1. The van der Waals surface area contributed by atoms with Gasteiger partial charge >= 0.3 is 5.69 Å². The lowest BCUT2D eigenvalue weighted by molar-refractivity contribution is -0.134. The van der Waals surface area contributed by atoms with Crippen LogP contribution in [0, 0.1) is 0 Å². The number of pyridine rings is 1. The van der Waals surface area contributed by atoms with Gasteiger partial charge in [0.05, 0.1) is 0 Å². The van der Waals surface area contributed by atoms with Crippen LogP contribution < -0.4 is 11.0 Å². The fourth-order valence-corrected chi connectivity index (χ4v) is 3.67. The lowest BCUT2D eigenvalue weighted by Crippen LogP contribution is -2.45. The zero-order valence-corrected chi connectivity index (χ0v) is 13.5. The molecule has 4 heterocycles. The predicted molar refractivity (Wildman–Crippen MR) is 87.8 cm³/mol. The third-order valence-electron chi connectivity index (χ3n) is 4.72. The minimum absolute atomic E-state index is 0. The van der Waals surface area contributed by atoms with Gasteiger partial charge in [-0.25, -0.2) is 9.48 Å². The van der Waals surface area contributed by atoms with Crippen LogP contribution in [0.4, 0.5) is 0 Å². The van der Waals surface area contributed by atoms with Crippen LogP contribution in [-0.4, -0.2) is 50.2 Å². The van der Waals surface area contributed by atoms with Gasteiger partial charge in [0, 0.05) is 24.8 Å². The number of rotatable bonds is 2. The average Bonchev–Trinajstić information content (AvgIpc) is 2.96. The highest BCUT2D eigenvalue weighted by atomic mass is 35.5. The highest BCUT2D eigenvalue weighted by molar-refractivity contribution is 5.85. The SMILES string of the molecule is Cl.O=C(Cn1nc2ccccn2c1=O)N1C2CCNCC1CC2. The van der Waals surface area contributed by atoms with E-state index in [1.165, 1.54) is 9.08 Å². The van der Waals surface area contributed by atoms with Crippen molar-refractivity contribution in [2.45, 2.75) is 37.9 Å². The molecule has 7 nitrogen and oxygen atoms in total. The van der Waals surface area contributed by atoms with Crippen molar-refractivity contribution in [2.24, 2.45) is 0 Å². The first kappa shape index (κ1) is 16.0. The molecule has 2 aromatic heterocycles. The molecule has 2 bridgehead atoms. The monoisotopic (exact) mass is 337 g/mol. The topological polar surface area (TPSA) is 71.6 Å². The summed E-state index contributed by atoms with van der Waals surface area (Å²) in [5.74, 6) is 0.00158. The second kappa shape index (κ2) is 6.33. The fourth-order valence-electron chi connectivity index (χ4n) is 3.67. The van der Waals surface area contributed by atoms with E-state index in [1.54, 1.807) is 18.3 Å². The first-order valence-electron chi connectivity index (χ1n) is 7.80. The Morgan fingerprint density at radius 2 is 2.09 bits per heavy atom. The quantitative estimate of drug-likeness (QED) is 0.854. The molecule has 124 valence electrons. The molecule has 0 aliphatic carbocycles. The van der Waals surface area contributed by atoms with E-state index in [4.69, 9.17) is 0 Å². The summed E-state index contributed by atoms with van der Waals surface area (Å²) in [5.41, 5.74) is 0.310. The van der Waals surface area contributed by atoms with E-state index in [0.29, 0.717) is 11.7 Å². The summed E-state index contributed by atoms with van der Waals surface area (Å²) in [6.07, 6.45) is 4.77. The Bertz CT molecular complexity index is 757. The summed E-state index contributed by atoms with van der Waals surface area (Å²) < 4.78 is 2.74. The number of halogens is 1. The highest BCUT2D eigenvalue weighted by Crippen LogP contribution is 2.28. The van der Waals surface area contributed by atoms with Gasteiger partial charge in [-0.1, -0.05) is 6.07 Å². The predicted octanol–water partition coefficient (Wildman–Crippen LogP) is 0.271. The molecule has 0 saturated carbocycles. The van der Waals surface area contributed by atoms with Crippen molar-refractivity contribution in [3.8, 4) is 0 Å². The zero-order chi connectivity index (χ0) is 15.1. The van der Waals surface area contributed by atoms with Gasteiger partial charge < -0.3 is 10.2 Å². The van der Waals surface area contributed by atoms with Crippen LogP contribution in [0.1, 0.15) is 19.3 Å². The summed E-state index contributed by atoms with van der Waals surface area (Å²) in [5, 5.41) is 7.62. The van der Waals surface area contributed by atoms with Crippen molar-refractivity contribution in [1.29, 1.82) is 0 Å². The molecular weight excluding hydrogens is 318 g/mol. The van der Waals surface area contributed by atoms with E-state index in [0.717, 1.165) is 32.4 Å².